The van der Waals surface area contributed by atoms with Crippen molar-refractivity contribution in [2.45, 2.75) is 31.7 Å². The van der Waals surface area contributed by atoms with Crippen molar-refractivity contribution in [1.29, 1.82) is 0 Å². The Labute approximate surface area is 159 Å². The molecule has 0 aliphatic carbocycles. The Morgan fingerprint density at radius 3 is 2.78 bits per heavy atom. The summed E-state index contributed by atoms with van der Waals surface area (Å²) in [7, 11) is 0. The predicted octanol–water partition coefficient (Wildman–Crippen LogP) is 0.799. The molecule has 146 valence electrons. The Morgan fingerprint density at radius 1 is 1.26 bits per heavy atom. The Bertz CT molecular complexity index is 689. The molecule has 0 bridgehead atoms. The van der Waals surface area contributed by atoms with Crippen LogP contribution in [0, 0.1) is 0 Å². The van der Waals surface area contributed by atoms with Gasteiger partial charge in [-0.2, -0.15) is 0 Å². The van der Waals surface area contributed by atoms with E-state index in [-0.39, 0.29) is 18.9 Å². The number of carboxylic acid groups (broad SMARTS) is 1. The van der Waals surface area contributed by atoms with Crippen molar-refractivity contribution < 1.29 is 14.7 Å². The monoisotopic (exact) mass is 373 g/mol. The minimum atomic E-state index is -0.923. The van der Waals surface area contributed by atoms with Crippen LogP contribution in [0.4, 0.5) is 5.69 Å². The number of aliphatic carboxylic acids is 1. The summed E-state index contributed by atoms with van der Waals surface area (Å²) in [6, 6.07) is 7.82. The second-order valence-corrected chi connectivity index (χ2v) is 6.89. The molecule has 1 saturated heterocycles. The molecule has 2 aliphatic heterocycles. The van der Waals surface area contributed by atoms with Gasteiger partial charge in [0.2, 0.25) is 0 Å². The first-order chi connectivity index (χ1) is 13.1. The second-order valence-electron chi connectivity index (χ2n) is 6.89. The second kappa shape index (κ2) is 9.25. The van der Waals surface area contributed by atoms with E-state index >= 15 is 0 Å². The Kier molecular flexibility index (Phi) is 6.51. The molecule has 1 aromatic carbocycles. The maximum Gasteiger partial charge on any atom is 0.305 e. The molecule has 8 nitrogen and oxygen atoms in total. The lowest BCUT2D eigenvalue weighted by Crippen LogP contribution is -2.52. The van der Waals surface area contributed by atoms with Gasteiger partial charge in [-0.1, -0.05) is 0 Å². The van der Waals surface area contributed by atoms with E-state index in [0.717, 1.165) is 57.1 Å². The molecule has 2 heterocycles. The van der Waals surface area contributed by atoms with Crippen molar-refractivity contribution in [3.05, 3.63) is 29.8 Å². The predicted molar refractivity (Wildman–Crippen MR) is 104 cm³/mol. The summed E-state index contributed by atoms with van der Waals surface area (Å²) in [5, 5.41) is 18.1. The summed E-state index contributed by atoms with van der Waals surface area (Å²) in [6.07, 6.45) is 3.22. The largest absolute Gasteiger partial charge is 0.481 e. The van der Waals surface area contributed by atoms with Crippen LogP contribution < -0.4 is 20.9 Å². The van der Waals surface area contributed by atoms with Gasteiger partial charge in [0.15, 0.2) is 5.96 Å². The van der Waals surface area contributed by atoms with Gasteiger partial charge in [-0.3, -0.25) is 14.6 Å². The summed E-state index contributed by atoms with van der Waals surface area (Å²) in [4.78, 5) is 29.4. The molecule has 27 heavy (non-hydrogen) atoms. The van der Waals surface area contributed by atoms with Gasteiger partial charge in [0, 0.05) is 50.0 Å². The zero-order valence-electron chi connectivity index (χ0n) is 15.4. The Balaban J connectivity index is 1.53. The van der Waals surface area contributed by atoms with Gasteiger partial charge < -0.3 is 26.0 Å². The van der Waals surface area contributed by atoms with Crippen LogP contribution in [0.3, 0.4) is 0 Å². The van der Waals surface area contributed by atoms with Crippen LogP contribution >= 0.6 is 0 Å². The van der Waals surface area contributed by atoms with Crippen LogP contribution in [0.25, 0.3) is 0 Å². The first-order valence-electron chi connectivity index (χ1n) is 9.51. The van der Waals surface area contributed by atoms with E-state index in [0.29, 0.717) is 11.6 Å². The van der Waals surface area contributed by atoms with E-state index in [1.807, 2.05) is 12.1 Å². The van der Waals surface area contributed by atoms with Crippen LogP contribution in [0.2, 0.25) is 0 Å². The van der Waals surface area contributed by atoms with E-state index < -0.39 is 5.97 Å². The van der Waals surface area contributed by atoms with E-state index in [9.17, 15) is 9.59 Å². The number of carboxylic acids is 1. The molecular weight excluding hydrogens is 346 g/mol. The van der Waals surface area contributed by atoms with Crippen molar-refractivity contribution in [2.24, 2.45) is 4.99 Å². The fraction of sp³-hybridized carbons (Fsp3) is 0.526. The van der Waals surface area contributed by atoms with E-state index in [1.54, 1.807) is 12.1 Å². The van der Waals surface area contributed by atoms with Gasteiger partial charge in [0.05, 0.1) is 6.42 Å². The number of hydrogen-bond donors (Lipinski definition) is 4. The first kappa shape index (κ1) is 19.0. The van der Waals surface area contributed by atoms with Crippen LogP contribution in [0.15, 0.2) is 29.3 Å². The third kappa shape index (κ3) is 5.60. The van der Waals surface area contributed by atoms with Crippen molar-refractivity contribution in [1.82, 2.24) is 16.0 Å². The average molecular weight is 373 g/mol. The normalized spacial score (nSPS) is 19.6. The number of benzene rings is 1. The molecular formula is C19H27N5O3. The Morgan fingerprint density at radius 2 is 2.07 bits per heavy atom. The maximum atomic E-state index is 12.0. The summed E-state index contributed by atoms with van der Waals surface area (Å²) < 4.78 is 0. The van der Waals surface area contributed by atoms with Gasteiger partial charge in [0.1, 0.15) is 0 Å². The molecule has 1 unspecified atom stereocenters. The van der Waals surface area contributed by atoms with Crippen molar-refractivity contribution >= 4 is 23.5 Å². The summed E-state index contributed by atoms with van der Waals surface area (Å²) >= 11 is 0. The number of nitrogens with zero attached hydrogens (tertiary/aromatic N) is 2. The highest BCUT2D eigenvalue weighted by Crippen LogP contribution is 2.20. The molecule has 0 aromatic heterocycles. The summed E-state index contributed by atoms with van der Waals surface area (Å²) in [5.41, 5.74) is 1.62. The highest BCUT2D eigenvalue weighted by molar-refractivity contribution is 5.94. The molecule has 1 fully saturated rings. The topological polar surface area (TPSA) is 106 Å². The smallest absolute Gasteiger partial charge is 0.305 e. The van der Waals surface area contributed by atoms with E-state index in [1.165, 1.54) is 0 Å². The lowest BCUT2D eigenvalue weighted by atomic mass is 10.0. The number of nitrogens with one attached hydrogen (secondary N) is 3. The SMILES string of the molecule is O=C(O)CCNC(=O)c1ccc(N2CCCC(NC3=NCCCN3)C2)cc1. The van der Waals surface area contributed by atoms with E-state index in [2.05, 4.69) is 25.8 Å². The van der Waals surface area contributed by atoms with E-state index in [4.69, 9.17) is 5.11 Å². The van der Waals surface area contributed by atoms with Crippen LogP contribution in [0.5, 0.6) is 0 Å². The highest BCUT2D eigenvalue weighted by Gasteiger charge is 2.21. The van der Waals surface area contributed by atoms with Crippen LogP contribution in [-0.4, -0.2) is 61.7 Å². The molecule has 0 spiro atoms. The zero-order valence-corrected chi connectivity index (χ0v) is 15.4. The number of rotatable bonds is 6. The van der Waals surface area contributed by atoms with Crippen LogP contribution in [0.1, 0.15) is 36.0 Å². The fourth-order valence-corrected chi connectivity index (χ4v) is 3.36. The molecule has 2 aliphatic rings. The molecule has 0 saturated carbocycles. The third-order valence-electron chi connectivity index (χ3n) is 4.78. The lowest BCUT2D eigenvalue weighted by molar-refractivity contribution is -0.136. The van der Waals surface area contributed by atoms with Gasteiger partial charge in [-0.25, -0.2) is 0 Å². The highest BCUT2D eigenvalue weighted by atomic mass is 16.4. The minimum Gasteiger partial charge on any atom is -0.481 e. The van der Waals surface area contributed by atoms with Crippen molar-refractivity contribution in [3.8, 4) is 0 Å². The summed E-state index contributed by atoms with van der Waals surface area (Å²) in [6.45, 7) is 3.86. The number of carbonyl (C=O) groups excluding carboxylic acids is 1. The number of carbonyl (C=O) groups is 2. The number of hydrogen-bond acceptors (Lipinski definition) is 6. The average Bonchev–Trinajstić information content (AvgIpc) is 2.69. The van der Waals surface area contributed by atoms with Crippen molar-refractivity contribution in [2.75, 3.05) is 37.6 Å². The number of aliphatic imine (C=N–C) groups is 1. The van der Waals surface area contributed by atoms with Crippen LogP contribution in [-0.2, 0) is 4.79 Å². The standard InChI is InChI=1S/C19H27N5O3/c25-17(26)8-11-20-18(27)14-4-6-16(7-5-14)24-12-1-3-15(13-24)23-19-21-9-2-10-22-19/h4-7,15H,1-3,8-13H2,(H,20,27)(H,25,26)(H2,21,22,23). The van der Waals surface area contributed by atoms with Gasteiger partial charge in [0.25, 0.3) is 5.91 Å². The summed E-state index contributed by atoms with van der Waals surface area (Å²) in [5.74, 6) is -0.267. The van der Waals surface area contributed by atoms with Gasteiger partial charge in [-0.15, -0.1) is 0 Å². The fourth-order valence-electron chi connectivity index (χ4n) is 3.36. The zero-order chi connectivity index (χ0) is 19.1. The first-order valence-corrected chi connectivity index (χ1v) is 9.51. The molecule has 1 amide bonds. The number of guanidine groups is 1. The molecule has 0 radical (unpaired) electrons. The number of anilines is 1. The number of amides is 1. The maximum absolute atomic E-state index is 12.0. The molecule has 1 aromatic rings. The van der Waals surface area contributed by atoms with Gasteiger partial charge >= 0.3 is 5.97 Å². The lowest BCUT2D eigenvalue weighted by Gasteiger charge is -2.35. The van der Waals surface area contributed by atoms with Crippen molar-refractivity contribution in [3.63, 3.8) is 0 Å². The number of piperidine rings is 1. The molecule has 8 heteroatoms. The minimum absolute atomic E-state index is 0.0772. The molecule has 3 rings (SSSR count). The third-order valence-corrected chi connectivity index (χ3v) is 4.78. The van der Waals surface area contributed by atoms with Gasteiger partial charge in [-0.05, 0) is 43.5 Å². The molecule has 1 atom stereocenters. The molecule has 4 N–H and O–H groups in total. The Hall–Kier alpha value is -2.77. The quantitative estimate of drug-likeness (QED) is 0.588.